The van der Waals surface area contributed by atoms with Crippen molar-refractivity contribution in [2.45, 2.75) is 19.4 Å². The maximum atomic E-state index is 14.0. The van der Waals surface area contributed by atoms with Gasteiger partial charge in [-0.15, -0.1) is 0 Å². The molecule has 0 spiro atoms. The van der Waals surface area contributed by atoms with Gasteiger partial charge >= 0.3 is 0 Å². The summed E-state index contributed by atoms with van der Waals surface area (Å²) in [6.07, 6.45) is 4.01. The zero-order valence-corrected chi connectivity index (χ0v) is 19.5. The van der Waals surface area contributed by atoms with Gasteiger partial charge in [0.25, 0.3) is 0 Å². The molecule has 0 saturated carbocycles. The first kappa shape index (κ1) is 24.4. The second-order valence-electron chi connectivity index (χ2n) is 7.93. The lowest BCUT2D eigenvalue weighted by Crippen LogP contribution is -2.38. The normalized spacial score (nSPS) is 19.5. The number of rotatable bonds is 8. The lowest BCUT2D eigenvalue weighted by molar-refractivity contribution is 0.351. The maximum absolute atomic E-state index is 14.0. The van der Waals surface area contributed by atoms with E-state index in [4.69, 9.17) is 34.7 Å². The lowest BCUT2D eigenvalue weighted by atomic mass is 9.98. The minimum Gasteiger partial charge on any atom is -0.397 e. The van der Waals surface area contributed by atoms with Crippen molar-refractivity contribution in [3.05, 3.63) is 56.7 Å². The molecule has 6 N–H and O–H groups in total. The monoisotopic (exact) mass is 481 g/mol. The van der Waals surface area contributed by atoms with Gasteiger partial charge in [0, 0.05) is 30.2 Å². The summed E-state index contributed by atoms with van der Waals surface area (Å²) in [7, 11) is 0. The number of nitrogens with zero attached hydrogens (tertiary/aromatic N) is 3. The minimum atomic E-state index is -0.517. The quantitative estimate of drug-likeness (QED) is 0.337. The molecule has 32 heavy (non-hydrogen) atoms. The summed E-state index contributed by atoms with van der Waals surface area (Å²) in [6, 6.07) is 2.75. The van der Waals surface area contributed by atoms with Gasteiger partial charge in [-0.1, -0.05) is 23.2 Å². The van der Waals surface area contributed by atoms with Crippen LogP contribution in [0.3, 0.4) is 0 Å². The van der Waals surface area contributed by atoms with E-state index in [1.54, 1.807) is 6.08 Å². The molecule has 1 fully saturated rings. The van der Waals surface area contributed by atoms with Crippen LogP contribution in [-0.4, -0.2) is 56.7 Å². The molecule has 0 bridgehead atoms. The summed E-state index contributed by atoms with van der Waals surface area (Å²) in [6.45, 7) is 8.19. The van der Waals surface area contributed by atoms with Gasteiger partial charge in [-0.25, -0.2) is 4.39 Å². The Morgan fingerprint density at radius 1 is 1.38 bits per heavy atom. The van der Waals surface area contributed by atoms with Crippen molar-refractivity contribution in [1.82, 2.24) is 15.5 Å². The molecule has 0 aliphatic carbocycles. The predicted octanol–water partition coefficient (Wildman–Crippen LogP) is 2.65. The Balaban J connectivity index is 1.85. The van der Waals surface area contributed by atoms with Gasteiger partial charge in [-0.3, -0.25) is 9.98 Å². The fraction of sp³-hybridized carbons (Fsp3) is 0.455. The Kier molecular flexibility index (Phi) is 8.78. The fourth-order valence-corrected chi connectivity index (χ4v) is 4.33. The van der Waals surface area contributed by atoms with Crippen LogP contribution in [0.2, 0.25) is 10.0 Å². The highest BCUT2D eigenvalue weighted by Gasteiger charge is 2.22. The minimum absolute atomic E-state index is 0.00151. The van der Waals surface area contributed by atoms with Gasteiger partial charge in [0.15, 0.2) is 0 Å². The van der Waals surface area contributed by atoms with Crippen LogP contribution in [0.25, 0.3) is 0 Å². The summed E-state index contributed by atoms with van der Waals surface area (Å²) in [5, 5.41) is 7.20. The zero-order valence-electron chi connectivity index (χ0n) is 18.0. The molecule has 174 valence electrons. The van der Waals surface area contributed by atoms with Crippen LogP contribution in [0.1, 0.15) is 18.4 Å². The van der Waals surface area contributed by atoms with E-state index in [-0.39, 0.29) is 11.6 Å². The lowest BCUT2D eigenvalue weighted by Gasteiger charge is -2.31. The van der Waals surface area contributed by atoms with Gasteiger partial charge in [-0.05, 0) is 56.8 Å². The number of hydrogen-bond donors (Lipinski definition) is 4. The van der Waals surface area contributed by atoms with E-state index in [1.807, 2.05) is 4.90 Å². The Morgan fingerprint density at radius 2 is 2.12 bits per heavy atom. The number of nitrogens with two attached hydrogens (primary N) is 2. The number of amidine groups is 1. The van der Waals surface area contributed by atoms with Crippen LogP contribution < -0.4 is 22.1 Å². The van der Waals surface area contributed by atoms with Crippen LogP contribution in [0.4, 0.5) is 4.39 Å². The van der Waals surface area contributed by atoms with Crippen molar-refractivity contribution in [3.8, 4) is 0 Å². The molecule has 1 aromatic rings. The van der Waals surface area contributed by atoms with Crippen molar-refractivity contribution in [2.75, 3.05) is 39.3 Å². The average molecular weight is 482 g/mol. The zero-order chi connectivity index (χ0) is 23.1. The van der Waals surface area contributed by atoms with Crippen molar-refractivity contribution in [3.63, 3.8) is 0 Å². The van der Waals surface area contributed by atoms with Gasteiger partial charge in [0.2, 0.25) is 0 Å². The molecule has 0 unspecified atom stereocenters. The SMILES string of the molecule is C=NCC(NCC1CCNCC1)=C(N)C=C1C(N)=NCCN1Cc1c(Cl)ccc(F)c1Cl. The third-order valence-corrected chi connectivity index (χ3v) is 6.48. The second-order valence-corrected chi connectivity index (χ2v) is 8.71. The molecule has 2 aliphatic heterocycles. The first-order valence-corrected chi connectivity index (χ1v) is 11.4. The predicted molar refractivity (Wildman–Crippen MR) is 131 cm³/mol. The Morgan fingerprint density at radius 3 is 2.84 bits per heavy atom. The molecule has 0 atom stereocenters. The third-order valence-electron chi connectivity index (χ3n) is 5.72. The van der Waals surface area contributed by atoms with E-state index >= 15 is 0 Å². The number of aliphatic imine (C=N–C) groups is 2. The fourth-order valence-electron chi connectivity index (χ4n) is 3.84. The maximum Gasteiger partial charge on any atom is 0.142 e. The van der Waals surface area contributed by atoms with E-state index in [1.165, 1.54) is 12.1 Å². The number of halogens is 3. The highest BCUT2D eigenvalue weighted by Crippen LogP contribution is 2.30. The molecule has 0 aromatic heterocycles. The number of allylic oxidation sites excluding steroid dienone is 1. The smallest absolute Gasteiger partial charge is 0.142 e. The van der Waals surface area contributed by atoms with E-state index in [0.29, 0.717) is 53.4 Å². The second kappa shape index (κ2) is 11.5. The first-order chi connectivity index (χ1) is 15.4. The molecular weight excluding hydrogens is 452 g/mol. The Hall–Kier alpha value is -2.29. The molecule has 0 amide bonds. The topological polar surface area (TPSA) is 104 Å². The van der Waals surface area contributed by atoms with E-state index in [2.05, 4.69) is 27.3 Å². The van der Waals surface area contributed by atoms with Crippen molar-refractivity contribution in [1.29, 1.82) is 0 Å². The number of nitrogens with one attached hydrogen (secondary N) is 2. The van der Waals surface area contributed by atoms with Crippen LogP contribution in [-0.2, 0) is 6.54 Å². The molecule has 1 saturated heterocycles. The highest BCUT2D eigenvalue weighted by atomic mass is 35.5. The number of hydrogen-bond acceptors (Lipinski definition) is 7. The molecule has 3 rings (SSSR count). The first-order valence-electron chi connectivity index (χ1n) is 10.7. The summed E-state index contributed by atoms with van der Waals surface area (Å²) >= 11 is 12.5. The average Bonchev–Trinajstić information content (AvgIpc) is 2.79. The molecule has 0 radical (unpaired) electrons. The molecule has 2 aliphatic rings. The third kappa shape index (κ3) is 6.15. The van der Waals surface area contributed by atoms with Crippen LogP contribution in [0, 0.1) is 11.7 Å². The van der Waals surface area contributed by atoms with Gasteiger partial charge < -0.3 is 27.0 Å². The Labute approximate surface area is 198 Å². The largest absolute Gasteiger partial charge is 0.397 e. The van der Waals surface area contributed by atoms with Crippen LogP contribution in [0.5, 0.6) is 0 Å². The molecule has 7 nitrogen and oxygen atoms in total. The van der Waals surface area contributed by atoms with Crippen LogP contribution >= 0.6 is 23.2 Å². The molecule has 10 heteroatoms. The summed E-state index contributed by atoms with van der Waals surface area (Å²) in [4.78, 5) is 10.3. The highest BCUT2D eigenvalue weighted by molar-refractivity contribution is 6.36. The standard InChI is InChI=1S/C22H30Cl2FN7/c1-28-12-19(31-11-14-4-6-29-7-5-14)18(26)10-20-22(27)30-8-9-32(20)13-15-16(23)2-3-17(25)21(15)24/h2-3,10,14,29,31H,1,4-9,11-13,26H2,(H2,27,30). The number of benzene rings is 1. The number of piperidine rings is 1. The van der Waals surface area contributed by atoms with Gasteiger partial charge in [0.1, 0.15) is 11.7 Å². The van der Waals surface area contributed by atoms with E-state index < -0.39 is 5.82 Å². The molecular formula is C22H30Cl2FN7. The van der Waals surface area contributed by atoms with Gasteiger partial charge in [0.05, 0.1) is 35.2 Å². The summed E-state index contributed by atoms with van der Waals surface area (Å²) in [5.74, 6) is 0.412. The van der Waals surface area contributed by atoms with Crippen molar-refractivity contribution < 1.29 is 4.39 Å². The molecule has 1 aromatic carbocycles. The van der Waals surface area contributed by atoms with E-state index in [0.717, 1.165) is 38.2 Å². The molecule has 2 heterocycles. The van der Waals surface area contributed by atoms with Crippen LogP contribution in [0.15, 0.2) is 45.3 Å². The van der Waals surface area contributed by atoms with Gasteiger partial charge in [-0.2, -0.15) is 0 Å². The Bertz CT molecular complexity index is 923. The van der Waals surface area contributed by atoms with Crippen molar-refractivity contribution in [2.24, 2.45) is 27.4 Å². The van der Waals surface area contributed by atoms with E-state index in [9.17, 15) is 4.39 Å². The van der Waals surface area contributed by atoms with Crippen molar-refractivity contribution >= 4 is 35.8 Å². The summed E-state index contributed by atoms with van der Waals surface area (Å²) in [5.41, 5.74) is 15.1. The summed E-state index contributed by atoms with van der Waals surface area (Å²) < 4.78 is 14.0.